The standard InChI is InChI=1S/C8H11F2NO/c9-8(10)4-11(5-8)7(12)6-2-1-3-6/h6H,1-5H2. The molecule has 12 heavy (non-hydrogen) atoms. The van der Waals surface area contributed by atoms with Gasteiger partial charge in [0.05, 0.1) is 13.1 Å². The van der Waals surface area contributed by atoms with Crippen LogP contribution in [0.4, 0.5) is 8.78 Å². The predicted molar refractivity (Wildman–Crippen MR) is 38.9 cm³/mol. The summed E-state index contributed by atoms with van der Waals surface area (Å²) in [4.78, 5) is 12.6. The summed E-state index contributed by atoms with van der Waals surface area (Å²) in [5, 5.41) is 0. The van der Waals surface area contributed by atoms with E-state index in [1.807, 2.05) is 0 Å². The molecule has 0 aromatic heterocycles. The molecule has 0 unspecified atom stereocenters. The van der Waals surface area contributed by atoms with Gasteiger partial charge in [0, 0.05) is 5.92 Å². The Morgan fingerprint density at radius 3 is 2.25 bits per heavy atom. The number of alkyl halides is 2. The molecule has 1 saturated heterocycles. The third kappa shape index (κ3) is 1.19. The number of hydrogen-bond acceptors (Lipinski definition) is 1. The van der Waals surface area contributed by atoms with Crippen LogP contribution < -0.4 is 0 Å². The zero-order chi connectivity index (χ0) is 8.77. The van der Waals surface area contributed by atoms with E-state index >= 15 is 0 Å². The summed E-state index contributed by atoms with van der Waals surface area (Å²) < 4.78 is 24.7. The van der Waals surface area contributed by atoms with Crippen LogP contribution in [0.15, 0.2) is 0 Å². The van der Waals surface area contributed by atoms with E-state index in [9.17, 15) is 13.6 Å². The van der Waals surface area contributed by atoms with Crippen LogP contribution in [0.25, 0.3) is 0 Å². The van der Waals surface area contributed by atoms with Crippen molar-refractivity contribution in [3.8, 4) is 0 Å². The van der Waals surface area contributed by atoms with Crippen LogP contribution in [-0.4, -0.2) is 29.8 Å². The van der Waals surface area contributed by atoms with E-state index in [4.69, 9.17) is 0 Å². The number of rotatable bonds is 1. The van der Waals surface area contributed by atoms with Crippen molar-refractivity contribution in [2.75, 3.05) is 13.1 Å². The van der Waals surface area contributed by atoms with E-state index in [0.29, 0.717) is 0 Å². The summed E-state index contributed by atoms with van der Waals surface area (Å²) in [6.45, 7) is -0.718. The summed E-state index contributed by atoms with van der Waals surface area (Å²) in [5.74, 6) is -2.62. The minimum absolute atomic E-state index is 0.0566. The molecule has 1 saturated carbocycles. The Bertz CT molecular complexity index is 205. The minimum Gasteiger partial charge on any atom is -0.330 e. The summed E-state index contributed by atoms with van der Waals surface area (Å²) in [6, 6.07) is 0. The average molecular weight is 175 g/mol. The van der Waals surface area contributed by atoms with E-state index in [0.717, 1.165) is 19.3 Å². The first-order valence-electron chi connectivity index (χ1n) is 4.25. The smallest absolute Gasteiger partial charge is 0.282 e. The molecule has 2 fully saturated rings. The number of likely N-dealkylation sites (tertiary alicyclic amines) is 1. The molecule has 0 atom stereocenters. The van der Waals surface area contributed by atoms with Crippen molar-refractivity contribution in [2.45, 2.75) is 25.2 Å². The van der Waals surface area contributed by atoms with Crippen LogP contribution in [0.5, 0.6) is 0 Å². The van der Waals surface area contributed by atoms with Gasteiger partial charge in [-0.05, 0) is 12.8 Å². The highest BCUT2D eigenvalue weighted by Crippen LogP contribution is 2.33. The molecule has 2 rings (SSSR count). The fourth-order valence-corrected chi connectivity index (χ4v) is 1.58. The molecule has 1 amide bonds. The first-order chi connectivity index (χ1) is 5.58. The third-order valence-corrected chi connectivity index (χ3v) is 2.61. The van der Waals surface area contributed by atoms with Gasteiger partial charge < -0.3 is 4.90 Å². The number of carbonyl (C=O) groups excluding carboxylic acids is 1. The Morgan fingerprint density at radius 2 is 1.92 bits per heavy atom. The fourth-order valence-electron chi connectivity index (χ4n) is 1.58. The molecule has 1 aliphatic carbocycles. The summed E-state index contributed by atoms with van der Waals surface area (Å²) >= 11 is 0. The van der Waals surface area contributed by atoms with Gasteiger partial charge in [-0.2, -0.15) is 0 Å². The molecular weight excluding hydrogens is 164 g/mol. The summed E-state index contributed by atoms with van der Waals surface area (Å²) in [5.41, 5.74) is 0. The monoisotopic (exact) mass is 175 g/mol. The highest BCUT2D eigenvalue weighted by molar-refractivity contribution is 5.80. The Balaban J connectivity index is 1.83. The topological polar surface area (TPSA) is 20.3 Å². The maximum absolute atomic E-state index is 12.3. The zero-order valence-electron chi connectivity index (χ0n) is 6.72. The van der Waals surface area contributed by atoms with E-state index in [-0.39, 0.29) is 24.9 Å². The highest BCUT2D eigenvalue weighted by atomic mass is 19.3. The number of amides is 1. The zero-order valence-corrected chi connectivity index (χ0v) is 6.72. The maximum atomic E-state index is 12.3. The molecule has 68 valence electrons. The first-order valence-corrected chi connectivity index (χ1v) is 4.25. The van der Waals surface area contributed by atoms with Crippen LogP contribution in [0, 0.1) is 5.92 Å². The van der Waals surface area contributed by atoms with Gasteiger partial charge in [-0.1, -0.05) is 6.42 Å². The molecular formula is C8H11F2NO. The van der Waals surface area contributed by atoms with Gasteiger partial charge >= 0.3 is 0 Å². The second-order valence-electron chi connectivity index (χ2n) is 3.68. The average Bonchev–Trinajstić information content (AvgIpc) is 1.77. The van der Waals surface area contributed by atoms with Crippen LogP contribution in [0.1, 0.15) is 19.3 Å². The molecule has 4 heteroatoms. The minimum atomic E-state index is -2.61. The van der Waals surface area contributed by atoms with E-state index < -0.39 is 5.92 Å². The summed E-state index contributed by atoms with van der Waals surface area (Å²) in [7, 11) is 0. The van der Waals surface area contributed by atoms with Gasteiger partial charge in [-0.25, -0.2) is 8.78 Å². The lowest BCUT2D eigenvalue weighted by Crippen LogP contribution is -2.60. The number of carbonyl (C=O) groups is 1. The number of nitrogens with zero attached hydrogens (tertiary/aromatic N) is 1. The van der Waals surface area contributed by atoms with E-state index in [1.54, 1.807) is 0 Å². The van der Waals surface area contributed by atoms with Crippen LogP contribution in [-0.2, 0) is 4.79 Å². The SMILES string of the molecule is O=C(C1CCC1)N1CC(F)(F)C1. The summed E-state index contributed by atoms with van der Waals surface area (Å²) in [6.07, 6.45) is 2.85. The molecule has 2 aliphatic rings. The fraction of sp³-hybridized carbons (Fsp3) is 0.875. The van der Waals surface area contributed by atoms with Crippen molar-refractivity contribution in [1.29, 1.82) is 0 Å². The quantitative estimate of drug-likeness (QED) is 0.587. The molecule has 0 bridgehead atoms. The van der Waals surface area contributed by atoms with Crippen molar-refractivity contribution in [2.24, 2.45) is 5.92 Å². The molecule has 1 heterocycles. The Kier molecular flexibility index (Phi) is 1.59. The van der Waals surface area contributed by atoms with Crippen LogP contribution >= 0.6 is 0 Å². The van der Waals surface area contributed by atoms with E-state index in [1.165, 1.54) is 4.90 Å². The van der Waals surface area contributed by atoms with Crippen molar-refractivity contribution in [3.63, 3.8) is 0 Å². The van der Waals surface area contributed by atoms with Crippen LogP contribution in [0.3, 0.4) is 0 Å². The molecule has 0 spiro atoms. The normalized spacial score (nSPS) is 27.7. The lowest BCUT2D eigenvalue weighted by molar-refractivity contribution is -0.171. The van der Waals surface area contributed by atoms with Crippen LogP contribution in [0.2, 0.25) is 0 Å². The van der Waals surface area contributed by atoms with E-state index in [2.05, 4.69) is 0 Å². The van der Waals surface area contributed by atoms with Gasteiger partial charge in [-0.15, -0.1) is 0 Å². The van der Waals surface area contributed by atoms with Crippen molar-refractivity contribution >= 4 is 5.91 Å². The molecule has 0 aromatic carbocycles. The first kappa shape index (κ1) is 7.95. The van der Waals surface area contributed by atoms with Gasteiger partial charge in [-0.3, -0.25) is 4.79 Å². The Morgan fingerprint density at radius 1 is 1.33 bits per heavy atom. The molecule has 0 aromatic rings. The van der Waals surface area contributed by atoms with Crippen molar-refractivity contribution in [1.82, 2.24) is 4.90 Å². The molecule has 0 N–H and O–H groups in total. The van der Waals surface area contributed by atoms with Gasteiger partial charge in [0.2, 0.25) is 5.91 Å². The largest absolute Gasteiger partial charge is 0.330 e. The van der Waals surface area contributed by atoms with Gasteiger partial charge in [0.15, 0.2) is 0 Å². The van der Waals surface area contributed by atoms with Crippen molar-refractivity contribution < 1.29 is 13.6 Å². The Hall–Kier alpha value is -0.670. The second kappa shape index (κ2) is 2.41. The molecule has 2 nitrogen and oxygen atoms in total. The number of halogens is 2. The lowest BCUT2D eigenvalue weighted by Gasteiger charge is -2.42. The Labute approximate surface area is 69.5 Å². The predicted octanol–water partition coefficient (Wildman–Crippen LogP) is 1.26. The van der Waals surface area contributed by atoms with Crippen molar-refractivity contribution in [3.05, 3.63) is 0 Å². The second-order valence-corrected chi connectivity index (χ2v) is 3.68. The van der Waals surface area contributed by atoms with Gasteiger partial charge in [0.25, 0.3) is 5.92 Å². The van der Waals surface area contributed by atoms with Gasteiger partial charge in [0.1, 0.15) is 0 Å². The molecule has 0 radical (unpaired) electrons. The number of hydrogen-bond donors (Lipinski definition) is 0. The molecule has 1 aliphatic heterocycles. The maximum Gasteiger partial charge on any atom is 0.282 e. The third-order valence-electron chi connectivity index (χ3n) is 2.61. The highest BCUT2D eigenvalue weighted by Gasteiger charge is 2.48. The lowest BCUT2D eigenvalue weighted by atomic mass is 9.83.